The van der Waals surface area contributed by atoms with E-state index in [0.29, 0.717) is 6.04 Å². The second kappa shape index (κ2) is 7.71. The number of halogens is 2. The maximum absolute atomic E-state index is 13.4. The van der Waals surface area contributed by atoms with Crippen LogP contribution >= 0.6 is 15.9 Å². The lowest BCUT2D eigenvalue weighted by atomic mass is 9.96. The van der Waals surface area contributed by atoms with E-state index in [1.54, 1.807) is 6.07 Å². The first-order valence-electron chi connectivity index (χ1n) is 7.32. The Hall–Kier alpha value is -1.19. The molecule has 2 aromatic carbocycles. The molecule has 1 unspecified atom stereocenters. The Labute approximate surface area is 134 Å². The zero-order valence-electron chi connectivity index (χ0n) is 12.5. The van der Waals surface area contributed by atoms with Crippen molar-refractivity contribution in [1.29, 1.82) is 0 Å². The number of benzene rings is 2. The van der Waals surface area contributed by atoms with Crippen LogP contribution in [0.2, 0.25) is 0 Å². The number of likely N-dealkylation sites (N-methyl/N-ethyl adjacent to an activating group) is 1. The van der Waals surface area contributed by atoms with Crippen molar-refractivity contribution in [3.8, 4) is 0 Å². The average Bonchev–Trinajstić information content (AvgIpc) is 2.45. The summed E-state index contributed by atoms with van der Waals surface area (Å²) in [6.07, 6.45) is 1.75. The van der Waals surface area contributed by atoms with Crippen LogP contribution in [0, 0.1) is 12.7 Å². The molecule has 1 atom stereocenters. The minimum Gasteiger partial charge on any atom is -0.314 e. The number of aryl methyl sites for hydroxylation is 1. The van der Waals surface area contributed by atoms with Crippen molar-refractivity contribution in [2.75, 3.05) is 6.54 Å². The molecule has 1 N–H and O–H groups in total. The molecule has 0 saturated carbocycles. The number of hydrogen-bond acceptors (Lipinski definition) is 1. The van der Waals surface area contributed by atoms with Crippen molar-refractivity contribution in [2.45, 2.75) is 32.7 Å². The maximum atomic E-state index is 13.4. The first-order valence-corrected chi connectivity index (χ1v) is 8.11. The Kier molecular flexibility index (Phi) is 5.95. The molecule has 2 rings (SSSR count). The Bertz CT molecular complexity index is 598. The van der Waals surface area contributed by atoms with Crippen molar-refractivity contribution in [2.24, 2.45) is 0 Å². The summed E-state index contributed by atoms with van der Waals surface area (Å²) in [4.78, 5) is 0. The van der Waals surface area contributed by atoms with Crippen LogP contribution in [0.25, 0.3) is 0 Å². The summed E-state index contributed by atoms with van der Waals surface area (Å²) in [6.45, 7) is 5.05. The Morgan fingerprint density at radius 1 is 1.10 bits per heavy atom. The quantitative estimate of drug-likeness (QED) is 0.799. The SMILES string of the molecule is CCNC(Cc1cc(F)ccc1C)Cc1ccccc1Br. The zero-order chi connectivity index (χ0) is 15.2. The van der Waals surface area contributed by atoms with Crippen LogP contribution in [0.3, 0.4) is 0 Å². The standard InChI is InChI=1S/C18H21BrFN/c1-3-21-17(11-14-6-4-5-7-18(14)19)12-15-10-16(20)9-8-13(15)2/h4-10,17,21H,3,11-12H2,1-2H3. The fraction of sp³-hybridized carbons (Fsp3) is 0.333. The van der Waals surface area contributed by atoms with Crippen LogP contribution in [0.15, 0.2) is 46.9 Å². The first kappa shape index (κ1) is 16.2. The molecule has 2 aromatic rings. The third kappa shape index (κ3) is 4.65. The predicted molar refractivity (Wildman–Crippen MR) is 90.2 cm³/mol. The summed E-state index contributed by atoms with van der Waals surface area (Å²) in [5.41, 5.74) is 3.50. The summed E-state index contributed by atoms with van der Waals surface area (Å²) in [7, 11) is 0. The highest BCUT2D eigenvalue weighted by Gasteiger charge is 2.13. The molecule has 0 saturated heterocycles. The Morgan fingerprint density at radius 2 is 1.81 bits per heavy atom. The molecular formula is C18H21BrFN. The summed E-state index contributed by atoms with van der Waals surface area (Å²) < 4.78 is 14.6. The highest BCUT2D eigenvalue weighted by atomic mass is 79.9. The highest BCUT2D eigenvalue weighted by molar-refractivity contribution is 9.10. The van der Waals surface area contributed by atoms with Gasteiger partial charge in [-0.05, 0) is 61.2 Å². The van der Waals surface area contributed by atoms with Crippen LogP contribution in [0.4, 0.5) is 4.39 Å². The van der Waals surface area contributed by atoms with Crippen LogP contribution in [0.1, 0.15) is 23.6 Å². The van der Waals surface area contributed by atoms with Crippen LogP contribution < -0.4 is 5.32 Å². The molecule has 0 heterocycles. The van der Waals surface area contributed by atoms with Gasteiger partial charge in [0.2, 0.25) is 0 Å². The Morgan fingerprint density at radius 3 is 2.52 bits per heavy atom. The minimum absolute atomic E-state index is 0.160. The van der Waals surface area contributed by atoms with Gasteiger partial charge >= 0.3 is 0 Å². The molecule has 0 aliphatic carbocycles. The molecule has 1 nitrogen and oxygen atoms in total. The van der Waals surface area contributed by atoms with E-state index in [4.69, 9.17) is 0 Å². The largest absolute Gasteiger partial charge is 0.314 e. The van der Waals surface area contributed by atoms with Crippen LogP contribution in [-0.2, 0) is 12.8 Å². The fourth-order valence-electron chi connectivity index (χ4n) is 2.56. The van der Waals surface area contributed by atoms with Gasteiger partial charge in [0, 0.05) is 10.5 Å². The lowest BCUT2D eigenvalue weighted by Gasteiger charge is -2.20. The van der Waals surface area contributed by atoms with Crippen molar-refractivity contribution < 1.29 is 4.39 Å². The third-order valence-corrected chi connectivity index (χ3v) is 4.47. The summed E-state index contributed by atoms with van der Waals surface area (Å²) in [6, 6.07) is 13.6. The molecule has 0 fully saturated rings. The Balaban J connectivity index is 2.16. The lowest BCUT2D eigenvalue weighted by Crippen LogP contribution is -2.33. The van der Waals surface area contributed by atoms with Crippen molar-refractivity contribution in [1.82, 2.24) is 5.32 Å². The zero-order valence-corrected chi connectivity index (χ0v) is 14.1. The first-order chi connectivity index (χ1) is 10.1. The molecule has 0 aliphatic heterocycles. The van der Waals surface area contributed by atoms with E-state index in [9.17, 15) is 4.39 Å². The monoisotopic (exact) mass is 349 g/mol. The molecule has 21 heavy (non-hydrogen) atoms. The molecule has 3 heteroatoms. The molecule has 0 radical (unpaired) electrons. The van der Waals surface area contributed by atoms with Crippen LogP contribution in [-0.4, -0.2) is 12.6 Å². The lowest BCUT2D eigenvalue weighted by molar-refractivity contribution is 0.518. The van der Waals surface area contributed by atoms with E-state index in [-0.39, 0.29) is 5.82 Å². The van der Waals surface area contributed by atoms with Gasteiger partial charge in [0.25, 0.3) is 0 Å². The molecule has 0 aliphatic rings. The van der Waals surface area contributed by atoms with E-state index in [1.807, 2.05) is 19.1 Å². The van der Waals surface area contributed by atoms with Gasteiger partial charge in [0.05, 0.1) is 0 Å². The fourth-order valence-corrected chi connectivity index (χ4v) is 3.01. The molecule has 0 amide bonds. The van der Waals surface area contributed by atoms with Gasteiger partial charge in [-0.25, -0.2) is 4.39 Å². The van der Waals surface area contributed by atoms with E-state index >= 15 is 0 Å². The van der Waals surface area contributed by atoms with Gasteiger partial charge in [-0.1, -0.05) is 47.1 Å². The molecule has 0 aromatic heterocycles. The van der Waals surface area contributed by atoms with Crippen molar-refractivity contribution in [3.05, 3.63) is 69.4 Å². The number of nitrogens with one attached hydrogen (secondary N) is 1. The highest BCUT2D eigenvalue weighted by Crippen LogP contribution is 2.20. The van der Waals surface area contributed by atoms with E-state index in [2.05, 4.69) is 46.4 Å². The second-order valence-electron chi connectivity index (χ2n) is 5.33. The normalized spacial score (nSPS) is 12.4. The maximum Gasteiger partial charge on any atom is 0.123 e. The van der Waals surface area contributed by atoms with E-state index in [1.165, 1.54) is 11.6 Å². The van der Waals surface area contributed by atoms with E-state index < -0.39 is 0 Å². The summed E-state index contributed by atoms with van der Waals surface area (Å²) in [5.74, 6) is -0.160. The van der Waals surface area contributed by atoms with Gasteiger partial charge in [0.1, 0.15) is 5.82 Å². The minimum atomic E-state index is -0.160. The summed E-state index contributed by atoms with van der Waals surface area (Å²) in [5, 5.41) is 3.51. The van der Waals surface area contributed by atoms with Gasteiger partial charge in [-0.3, -0.25) is 0 Å². The predicted octanol–water partition coefficient (Wildman–Crippen LogP) is 4.66. The molecule has 0 spiro atoms. The van der Waals surface area contributed by atoms with Gasteiger partial charge < -0.3 is 5.32 Å². The second-order valence-corrected chi connectivity index (χ2v) is 6.18. The molecule has 0 bridgehead atoms. The van der Waals surface area contributed by atoms with Crippen molar-refractivity contribution >= 4 is 15.9 Å². The van der Waals surface area contributed by atoms with E-state index in [0.717, 1.165) is 35.0 Å². The third-order valence-electron chi connectivity index (χ3n) is 3.69. The smallest absolute Gasteiger partial charge is 0.123 e. The molecule has 112 valence electrons. The van der Waals surface area contributed by atoms with Gasteiger partial charge in [-0.15, -0.1) is 0 Å². The van der Waals surface area contributed by atoms with Crippen molar-refractivity contribution in [3.63, 3.8) is 0 Å². The van der Waals surface area contributed by atoms with Crippen LogP contribution in [0.5, 0.6) is 0 Å². The number of rotatable bonds is 6. The van der Waals surface area contributed by atoms with Gasteiger partial charge in [0.15, 0.2) is 0 Å². The summed E-state index contributed by atoms with van der Waals surface area (Å²) >= 11 is 3.60. The average molecular weight is 350 g/mol. The number of hydrogen-bond donors (Lipinski definition) is 1. The molecular weight excluding hydrogens is 329 g/mol. The topological polar surface area (TPSA) is 12.0 Å². The van der Waals surface area contributed by atoms with Gasteiger partial charge in [-0.2, -0.15) is 0 Å².